The minimum absolute atomic E-state index is 0.0985. The van der Waals surface area contributed by atoms with Crippen LogP contribution in [-0.2, 0) is 14.3 Å². The lowest BCUT2D eigenvalue weighted by Gasteiger charge is -1.93. The molecule has 0 aliphatic carbocycles. The second-order valence-electron chi connectivity index (χ2n) is 1.11. The lowest BCUT2D eigenvalue weighted by atomic mass is 10.7. The summed E-state index contributed by atoms with van der Waals surface area (Å²) in [6, 6.07) is 0. The summed E-state index contributed by atoms with van der Waals surface area (Å²) in [5.41, 5.74) is 0. The number of hydrogen-bond acceptors (Lipinski definition) is 3. The van der Waals surface area contributed by atoms with E-state index in [1.807, 2.05) is 0 Å². The smallest absolute Gasteiger partial charge is 0.345 e. The molecule has 5 heteroatoms. The fraction of sp³-hybridized carbons (Fsp3) is 0.500. The third kappa shape index (κ3) is 4.08. The molecular weight excluding hydrogens is 195 g/mol. The van der Waals surface area contributed by atoms with Gasteiger partial charge < -0.3 is 4.74 Å². The molecule has 0 atom stereocenters. The first-order chi connectivity index (χ1) is 4.20. The Morgan fingerprint density at radius 2 is 2.00 bits per heavy atom. The first-order valence-corrected chi connectivity index (χ1v) is 3.18. The van der Waals surface area contributed by atoms with E-state index in [1.54, 1.807) is 0 Å². The molecule has 0 heterocycles. The first-order valence-electron chi connectivity index (χ1n) is 2.06. The second-order valence-corrected chi connectivity index (χ2v) is 1.67. The van der Waals surface area contributed by atoms with Crippen molar-refractivity contribution in [1.29, 1.82) is 0 Å². The minimum atomic E-state index is -1.27. The van der Waals surface area contributed by atoms with E-state index in [-0.39, 0.29) is 5.33 Å². The lowest BCUT2D eigenvalue weighted by Crippen LogP contribution is -2.13. The molecule has 0 aliphatic rings. The van der Waals surface area contributed by atoms with Crippen LogP contribution in [0.5, 0.6) is 0 Å². The highest BCUT2D eigenvalue weighted by atomic mass is 79.9. The predicted octanol–water partition coefficient (Wildman–Crippen LogP) is 0.421. The summed E-state index contributed by atoms with van der Waals surface area (Å²) < 4.78 is 15.1. The molecule has 52 valence electrons. The van der Waals surface area contributed by atoms with Gasteiger partial charge in [-0.1, -0.05) is 15.9 Å². The van der Waals surface area contributed by atoms with Gasteiger partial charge in [0.15, 0.2) is 6.67 Å². The fourth-order valence-electron chi connectivity index (χ4n) is 0.182. The molecule has 0 amide bonds. The average Bonchev–Trinajstić information content (AvgIpc) is 1.87. The van der Waals surface area contributed by atoms with Gasteiger partial charge in [0, 0.05) is 0 Å². The summed E-state index contributed by atoms with van der Waals surface area (Å²) in [4.78, 5) is 20.1. The van der Waals surface area contributed by atoms with Crippen LogP contribution >= 0.6 is 15.9 Å². The Morgan fingerprint density at radius 3 is 2.33 bits per heavy atom. The van der Waals surface area contributed by atoms with Crippen molar-refractivity contribution in [3.63, 3.8) is 0 Å². The third-order valence-corrected chi connectivity index (χ3v) is 0.904. The number of halogens is 2. The fourth-order valence-corrected chi connectivity index (χ4v) is 0.296. The van der Waals surface area contributed by atoms with Gasteiger partial charge >= 0.3 is 11.9 Å². The van der Waals surface area contributed by atoms with Gasteiger partial charge in [-0.15, -0.1) is 0 Å². The van der Waals surface area contributed by atoms with E-state index in [4.69, 9.17) is 0 Å². The number of carbonyl (C=O) groups is 2. The van der Waals surface area contributed by atoms with Gasteiger partial charge in [-0.25, -0.2) is 9.18 Å². The quantitative estimate of drug-likeness (QED) is 0.367. The van der Waals surface area contributed by atoms with Crippen molar-refractivity contribution in [2.75, 3.05) is 12.0 Å². The molecule has 0 aromatic rings. The van der Waals surface area contributed by atoms with Crippen molar-refractivity contribution in [2.24, 2.45) is 0 Å². The molecule has 0 radical (unpaired) electrons. The molecule has 0 aliphatic heterocycles. The summed E-state index contributed by atoms with van der Waals surface area (Å²) in [6.45, 7) is -1.27. The van der Waals surface area contributed by atoms with Gasteiger partial charge in [0.25, 0.3) is 0 Å². The highest BCUT2D eigenvalue weighted by Gasteiger charge is 2.06. The zero-order chi connectivity index (χ0) is 7.28. The number of alkyl halides is 2. The van der Waals surface area contributed by atoms with Crippen LogP contribution < -0.4 is 0 Å². The Kier molecular flexibility index (Phi) is 4.21. The molecule has 0 unspecified atom stereocenters. The second kappa shape index (κ2) is 4.43. The van der Waals surface area contributed by atoms with Crippen molar-refractivity contribution >= 4 is 27.9 Å². The van der Waals surface area contributed by atoms with Gasteiger partial charge in [-0.2, -0.15) is 0 Å². The molecular formula is C4H4BrFO3. The van der Waals surface area contributed by atoms with Crippen LogP contribution in [0.2, 0.25) is 0 Å². The van der Waals surface area contributed by atoms with Gasteiger partial charge in [0.2, 0.25) is 0 Å². The normalized spacial score (nSPS) is 8.67. The van der Waals surface area contributed by atoms with E-state index in [1.165, 1.54) is 0 Å². The number of esters is 2. The van der Waals surface area contributed by atoms with Crippen LogP contribution in [0.25, 0.3) is 0 Å². The van der Waals surface area contributed by atoms with Crippen molar-refractivity contribution < 1.29 is 18.7 Å². The van der Waals surface area contributed by atoms with E-state index in [2.05, 4.69) is 20.7 Å². The van der Waals surface area contributed by atoms with Crippen molar-refractivity contribution in [1.82, 2.24) is 0 Å². The third-order valence-electron chi connectivity index (χ3n) is 0.446. The van der Waals surface area contributed by atoms with E-state index in [0.29, 0.717) is 0 Å². The molecule has 0 bridgehead atoms. The topological polar surface area (TPSA) is 43.4 Å². The molecule has 0 N–H and O–H groups in total. The predicted molar refractivity (Wildman–Crippen MR) is 30.9 cm³/mol. The van der Waals surface area contributed by atoms with Gasteiger partial charge in [-0.05, 0) is 0 Å². The largest absolute Gasteiger partial charge is 0.391 e. The molecule has 0 aromatic heterocycles. The van der Waals surface area contributed by atoms with Crippen LogP contribution in [0.1, 0.15) is 0 Å². The van der Waals surface area contributed by atoms with Crippen molar-refractivity contribution in [3.8, 4) is 0 Å². The summed E-state index contributed by atoms with van der Waals surface area (Å²) in [5, 5.41) is -0.0985. The minimum Gasteiger partial charge on any atom is -0.391 e. The summed E-state index contributed by atoms with van der Waals surface area (Å²) in [5.74, 6) is -1.93. The van der Waals surface area contributed by atoms with Crippen LogP contribution in [0.3, 0.4) is 0 Å². The van der Waals surface area contributed by atoms with Gasteiger partial charge in [-0.3, -0.25) is 4.79 Å². The average molecular weight is 199 g/mol. The monoisotopic (exact) mass is 198 g/mol. The maximum Gasteiger partial charge on any atom is 0.345 e. The van der Waals surface area contributed by atoms with E-state index in [9.17, 15) is 14.0 Å². The molecule has 3 nitrogen and oxygen atoms in total. The Hall–Kier alpha value is -0.450. The van der Waals surface area contributed by atoms with Crippen LogP contribution in [0.15, 0.2) is 0 Å². The van der Waals surface area contributed by atoms with E-state index < -0.39 is 18.6 Å². The molecule has 0 aromatic carbocycles. The molecule has 0 rings (SSSR count). The van der Waals surface area contributed by atoms with E-state index >= 15 is 0 Å². The number of rotatable bonds is 2. The van der Waals surface area contributed by atoms with Gasteiger partial charge in [0.1, 0.15) is 5.33 Å². The Balaban J connectivity index is 3.47. The Bertz CT molecular complexity index is 111. The highest BCUT2D eigenvalue weighted by Crippen LogP contribution is 1.86. The zero-order valence-corrected chi connectivity index (χ0v) is 5.98. The van der Waals surface area contributed by atoms with E-state index in [0.717, 1.165) is 0 Å². The maximum atomic E-state index is 11.2. The number of carbonyl (C=O) groups excluding carboxylic acids is 2. The molecule has 0 fully saturated rings. The summed E-state index contributed by atoms with van der Waals surface area (Å²) in [7, 11) is 0. The number of hydrogen-bond donors (Lipinski definition) is 0. The first kappa shape index (κ1) is 8.55. The Morgan fingerprint density at radius 1 is 1.44 bits per heavy atom. The SMILES string of the molecule is O=C(CF)OC(=O)CBr. The zero-order valence-electron chi connectivity index (χ0n) is 4.39. The lowest BCUT2D eigenvalue weighted by molar-refractivity contribution is -0.158. The van der Waals surface area contributed by atoms with Crippen molar-refractivity contribution in [2.45, 2.75) is 0 Å². The highest BCUT2D eigenvalue weighted by molar-refractivity contribution is 9.09. The molecule has 0 saturated heterocycles. The molecule has 0 spiro atoms. The molecule has 9 heavy (non-hydrogen) atoms. The Labute approximate surface area is 59.3 Å². The van der Waals surface area contributed by atoms with Crippen molar-refractivity contribution in [3.05, 3.63) is 0 Å². The van der Waals surface area contributed by atoms with Gasteiger partial charge in [0.05, 0.1) is 0 Å². The summed E-state index contributed by atoms with van der Waals surface area (Å²) in [6.07, 6.45) is 0. The van der Waals surface area contributed by atoms with Crippen LogP contribution in [0.4, 0.5) is 4.39 Å². The van der Waals surface area contributed by atoms with Crippen LogP contribution in [-0.4, -0.2) is 23.9 Å². The maximum absolute atomic E-state index is 11.2. The molecule has 0 saturated carbocycles. The summed E-state index contributed by atoms with van der Waals surface area (Å²) >= 11 is 2.72. The van der Waals surface area contributed by atoms with Crippen LogP contribution in [0, 0.1) is 0 Å². The standard InChI is InChI=1S/C4H4BrFO3/c5-1-3(7)9-4(8)2-6/h1-2H2. The number of ether oxygens (including phenoxy) is 1.